The minimum Gasteiger partial charge on any atom is -0.481 e. The van der Waals surface area contributed by atoms with Crippen LogP contribution < -0.4 is 0 Å². The van der Waals surface area contributed by atoms with Crippen molar-refractivity contribution in [3.8, 4) is 0 Å². The highest BCUT2D eigenvalue weighted by Gasteiger charge is 2.30. The number of unbranched alkanes of at least 4 members (excludes halogenated alkanes) is 1. The number of halogens is 1. The summed E-state index contributed by atoms with van der Waals surface area (Å²) in [5.41, 5.74) is 0. The number of aliphatic hydroxyl groups excluding tert-OH is 1. The first-order valence-electron chi connectivity index (χ1n) is 7.16. The van der Waals surface area contributed by atoms with Crippen LogP contribution in [-0.2, 0) is 4.79 Å². The largest absolute Gasteiger partial charge is 0.481 e. The van der Waals surface area contributed by atoms with Gasteiger partial charge in [-0.05, 0) is 25.7 Å². The molecular weight excluding hydrogens is 278 g/mol. The molecule has 0 aromatic carbocycles. The van der Waals surface area contributed by atoms with E-state index >= 15 is 0 Å². The summed E-state index contributed by atoms with van der Waals surface area (Å²) in [5.74, 6) is -0.739. The van der Waals surface area contributed by atoms with Crippen LogP contribution in [0, 0.1) is 0 Å². The fourth-order valence-corrected chi connectivity index (χ4v) is 2.77. The van der Waals surface area contributed by atoms with E-state index in [1.807, 2.05) is 12.2 Å². The zero-order valence-electron chi connectivity index (χ0n) is 11.7. The number of allylic oxidation sites excluding steroid dienone is 1. The molecule has 0 unspecified atom stereocenters. The van der Waals surface area contributed by atoms with Gasteiger partial charge in [0.2, 0.25) is 0 Å². The lowest BCUT2D eigenvalue weighted by atomic mass is 10.1. The maximum atomic E-state index is 10.4. The molecule has 4 nitrogen and oxygen atoms in total. The number of nitrogens with zero attached hydrogens (tertiary/aromatic N) is 1. The van der Waals surface area contributed by atoms with Crippen molar-refractivity contribution in [1.82, 2.24) is 4.90 Å². The van der Waals surface area contributed by atoms with E-state index in [1.54, 1.807) is 6.08 Å². The van der Waals surface area contributed by atoms with E-state index in [4.69, 9.17) is 21.8 Å². The van der Waals surface area contributed by atoms with E-state index in [9.17, 15) is 4.79 Å². The molecule has 0 bridgehead atoms. The molecular formula is C15H24ClNO3. The Bertz CT molecular complexity index is 344. The summed E-state index contributed by atoms with van der Waals surface area (Å²) in [4.78, 5) is 12.7. The van der Waals surface area contributed by atoms with E-state index in [2.05, 4.69) is 11.0 Å². The molecule has 0 radical (unpaired) electrons. The fourth-order valence-electron chi connectivity index (χ4n) is 2.41. The van der Waals surface area contributed by atoms with Gasteiger partial charge in [-0.3, -0.25) is 9.69 Å². The van der Waals surface area contributed by atoms with Gasteiger partial charge in [0.25, 0.3) is 0 Å². The highest BCUT2D eigenvalue weighted by molar-refractivity contribution is 6.21. The van der Waals surface area contributed by atoms with Gasteiger partial charge in [0.1, 0.15) is 0 Å². The second kappa shape index (κ2) is 9.97. The Kier molecular flexibility index (Phi) is 8.58. The third-order valence-electron chi connectivity index (χ3n) is 3.50. The predicted octanol–water partition coefficient (Wildman–Crippen LogP) is 2.42. The Morgan fingerprint density at radius 1 is 1.30 bits per heavy atom. The first-order valence-corrected chi connectivity index (χ1v) is 7.59. The summed E-state index contributed by atoms with van der Waals surface area (Å²) in [6, 6.07) is 0.329. The van der Waals surface area contributed by atoms with Gasteiger partial charge in [0.15, 0.2) is 0 Å². The predicted molar refractivity (Wildman–Crippen MR) is 81.1 cm³/mol. The minimum atomic E-state index is -0.739. The van der Waals surface area contributed by atoms with Gasteiger partial charge in [-0.2, -0.15) is 0 Å². The summed E-state index contributed by atoms with van der Waals surface area (Å²) >= 11 is 6.34. The first kappa shape index (κ1) is 17.2. The van der Waals surface area contributed by atoms with Crippen LogP contribution in [0.3, 0.4) is 0 Å². The standard InChI is InChI=1S/C15H24ClNO3/c16-13-9-11-17(10-5-6-12-18)14(13)7-3-1-2-4-8-15(19)20/h1,3,5-6,13-14,18H,2,4,7-12H2,(H,19,20)/b3-1-,6-5?/t13-,14+/m1/s1. The van der Waals surface area contributed by atoms with E-state index in [-0.39, 0.29) is 18.4 Å². The third-order valence-corrected chi connectivity index (χ3v) is 4.01. The Balaban J connectivity index is 2.29. The number of alkyl halides is 1. The highest BCUT2D eigenvalue weighted by atomic mass is 35.5. The molecule has 0 aromatic heterocycles. The number of likely N-dealkylation sites (tertiary alicyclic amines) is 1. The summed E-state index contributed by atoms with van der Waals surface area (Å²) < 4.78 is 0. The van der Waals surface area contributed by atoms with Crippen molar-refractivity contribution in [2.75, 3.05) is 19.7 Å². The van der Waals surface area contributed by atoms with Gasteiger partial charge in [-0.25, -0.2) is 0 Å². The van der Waals surface area contributed by atoms with Crippen LogP contribution in [0.15, 0.2) is 24.3 Å². The smallest absolute Gasteiger partial charge is 0.303 e. The lowest BCUT2D eigenvalue weighted by molar-refractivity contribution is -0.137. The molecule has 114 valence electrons. The average Bonchev–Trinajstić information content (AvgIpc) is 2.75. The molecule has 0 saturated carbocycles. The van der Waals surface area contributed by atoms with Crippen LogP contribution in [0.5, 0.6) is 0 Å². The van der Waals surface area contributed by atoms with E-state index in [0.717, 1.165) is 32.4 Å². The Morgan fingerprint density at radius 3 is 2.80 bits per heavy atom. The molecule has 1 aliphatic heterocycles. The zero-order valence-corrected chi connectivity index (χ0v) is 12.5. The Hall–Kier alpha value is -0.840. The zero-order chi connectivity index (χ0) is 14.8. The molecule has 2 atom stereocenters. The Morgan fingerprint density at radius 2 is 2.10 bits per heavy atom. The van der Waals surface area contributed by atoms with Crippen molar-refractivity contribution >= 4 is 17.6 Å². The second-order valence-corrected chi connectivity index (χ2v) is 5.57. The van der Waals surface area contributed by atoms with Crippen molar-refractivity contribution in [1.29, 1.82) is 0 Å². The maximum absolute atomic E-state index is 10.4. The summed E-state index contributed by atoms with van der Waals surface area (Å²) in [7, 11) is 0. The van der Waals surface area contributed by atoms with Crippen molar-refractivity contribution in [3.05, 3.63) is 24.3 Å². The molecule has 0 aromatic rings. The number of aliphatic carboxylic acids is 1. The number of carboxylic acid groups (broad SMARTS) is 1. The van der Waals surface area contributed by atoms with Gasteiger partial charge in [0, 0.05) is 25.6 Å². The molecule has 1 saturated heterocycles. The normalized spacial score (nSPS) is 24.1. The number of hydrogen-bond donors (Lipinski definition) is 2. The average molecular weight is 302 g/mol. The van der Waals surface area contributed by atoms with Crippen LogP contribution in [0.25, 0.3) is 0 Å². The minimum absolute atomic E-state index is 0.0757. The molecule has 1 aliphatic rings. The molecule has 2 N–H and O–H groups in total. The molecule has 0 amide bonds. The summed E-state index contributed by atoms with van der Waals surface area (Å²) in [6.07, 6.45) is 11.5. The van der Waals surface area contributed by atoms with Crippen LogP contribution in [0.4, 0.5) is 0 Å². The van der Waals surface area contributed by atoms with Crippen LogP contribution in [0.2, 0.25) is 0 Å². The van der Waals surface area contributed by atoms with Crippen molar-refractivity contribution in [3.63, 3.8) is 0 Å². The first-order chi connectivity index (χ1) is 9.65. The second-order valence-electron chi connectivity index (χ2n) is 5.01. The summed E-state index contributed by atoms with van der Waals surface area (Å²) in [6.45, 7) is 1.88. The number of hydrogen-bond acceptors (Lipinski definition) is 3. The lowest BCUT2D eigenvalue weighted by Crippen LogP contribution is -2.33. The van der Waals surface area contributed by atoms with Crippen molar-refractivity contribution in [2.24, 2.45) is 0 Å². The molecule has 20 heavy (non-hydrogen) atoms. The lowest BCUT2D eigenvalue weighted by Gasteiger charge is -2.23. The number of carbonyl (C=O) groups is 1. The topological polar surface area (TPSA) is 60.8 Å². The van der Waals surface area contributed by atoms with E-state index in [0.29, 0.717) is 12.5 Å². The van der Waals surface area contributed by atoms with Gasteiger partial charge >= 0.3 is 5.97 Å². The molecule has 1 fully saturated rings. The Labute approximate surface area is 125 Å². The monoisotopic (exact) mass is 301 g/mol. The highest BCUT2D eigenvalue weighted by Crippen LogP contribution is 2.25. The molecule has 0 aliphatic carbocycles. The number of carboxylic acids is 1. The summed E-state index contributed by atoms with van der Waals surface area (Å²) in [5, 5.41) is 17.4. The van der Waals surface area contributed by atoms with Gasteiger partial charge in [-0.1, -0.05) is 24.3 Å². The maximum Gasteiger partial charge on any atom is 0.303 e. The van der Waals surface area contributed by atoms with Crippen molar-refractivity contribution in [2.45, 2.75) is 43.5 Å². The SMILES string of the molecule is O=C(O)CCC/C=C\C[C@H]1[C@H](Cl)CCN1CC=CCO. The quantitative estimate of drug-likeness (QED) is 0.390. The molecule has 5 heteroatoms. The van der Waals surface area contributed by atoms with Gasteiger partial charge < -0.3 is 10.2 Å². The third kappa shape index (κ3) is 6.55. The molecule has 1 heterocycles. The number of aliphatic hydroxyl groups is 1. The van der Waals surface area contributed by atoms with Crippen LogP contribution in [-0.4, -0.2) is 52.2 Å². The van der Waals surface area contributed by atoms with Crippen LogP contribution in [0.1, 0.15) is 32.1 Å². The number of rotatable bonds is 9. The van der Waals surface area contributed by atoms with Crippen LogP contribution >= 0.6 is 11.6 Å². The van der Waals surface area contributed by atoms with Crippen molar-refractivity contribution < 1.29 is 15.0 Å². The molecule has 1 rings (SSSR count). The van der Waals surface area contributed by atoms with E-state index < -0.39 is 5.97 Å². The van der Waals surface area contributed by atoms with Gasteiger partial charge in [-0.15, -0.1) is 11.6 Å². The van der Waals surface area contributed by atoms with E-state index in [1.165, 1.54) is 0 Å². The fraction of sp³-hybridized carbons (Fsp3) is 0.667. The van der Waals surface area contributed by atoms with Gasteiger partial charge in [0.05, 0.1) is 12.0 Å². The molecule has 0 spiro atoms.